The van der Waals surface area contributed by atoms with Gasteiger partial charge in [-0.15, -0.1) is 0 Å². The summed E-state index contributed by atoms with van der Waals surface area (Å²) < 4.78 is 4.82. The summed E-state index contributed by atoms with van der Waals surface area (Å²) in [5.74, 6) is 0.708. The SMILES string of the molecule is CCCCCCC(NCC1CC1)C(=O)OC. The van der Waals surface area contributed by atoms with Crippen molar-refractivity contribution < 1.29 is 9.53 Å². The van der Waals surface area contributed by atoms with Crippen molar-refractivity contribution in [2.75, 3.05) is 13.7 Å². The van der Waals surface area contributed by atoms with Crippen LogP contribution in [0.2, 0.25) is 0 Å². The second-order valence-electron chi connectivity index (χ2n) is 4.78. The Hall–Kier alpha value is -0.570. The van der Waals surface area contributed by atoms with Gasteiger partial charge in [-0.3, -0.25) is 4.79 Å². The van der Waals surface area contributed by atoms with Gasteiger partial charge in [0.05, 0.1) is 7.11 Å². The Morgan fingerprint density at radius 3 is 2.69 bits per heavy atom. The van der Waals surface area contributed by atoms with Crippen molar-refractivity contribution in [3.63, 3.8) is 0 Å². The molecule has 1 fully saturated rings. The van der Waals surface area contributed by atoms with Gasteiger partial charge < -0.3 is 10.1 Å². The van der Waals surface area contributed by atoms with E-state index in [-0.39, 0.29) is 12.0 Å². The van der Waals surface area contributed by atoms with E-state index in [4.69, 9.17) is 4.74 Å². The molecule has 0 radical (unpaired) electrons. The Morgan fingerprint density at radius 2 is 2.12 bits per heavy atom. The van der Waals surface area contributed by atoms with Gasteiger partial charge >= 0.3 is 5.97 Å². The number of rotatable bonds is 9. The number of ether oxygens (including phenoxy) is 1. The van der Waals surface area contributed by atoms with Crippen molar-refractivity contribution in [2.24, 2.45) is 5.92 Å². The zero-order valence-corrected chi connectivity index (χ0v) is 10.6. The zero-order chi connectivity index (χ0) is 11.8. The largest absolute Gasteiger partial charge is 0.468 e. The second kappa shape index (κ2) is 7.66. The average molecular weight is 227 g/mol. The van der Waals surface area contributed by atoms with Crippen molar-refractivity contribution in [2.45, 2.75) is 57.9 Å². The summed E-state index contributed by atoms with van der Waals surface area (Å²) in [7, 11) is 1.47. The van der Waals surface area contributed by atoms with E-state index in [2.05, 4.69) is 12.2 Å². The van der Waals surface area contributed by atoms with Crippen LogP contribution in [0.1, 0.15) is 51.9 Å². The molecule has 94 valence electrons. The number of methoxy groups -OCH3 is 1. The summed E-state index contributed by atoms with van der Waals surface area (Å²) in [4.78, 5) is 11.5. The van der Waals surface area contributed by atoms with Crippen LogP contribution in [0.15, 0.2) is 0 Å². The van der Waals surface area contributed by atoms with E-state index in [1.54, 1.807) is 0 Å². The maximum absolute atomic E-state index is 11.5. The summed E-state index contributed by atoms with van der Waals surface area (Å²) in [5.41, 5.74) is 0. The molecule has 0 aromatic rings. The van der Waals surface area contributed by atoms with Crippen LogP contribution in [0.25, 0.3) is 0 Å². The predicted octanol–water partition coefficient (Wildman–Crippen LogP) is 2.50. The number of nitrogens with one attached hydrogen (secondary N) is 1. The highest BCUT2D eigenvalue weighted by molar-refractivity contribution is 5.75. The molecule has 3 heteroatoms. The lowest BCUT2D eigenvalue weighted by atomic mass is 10.1. The Labute approximate surface area is 98.9 Å². The fourth-order valence-electron chi connectivity index (χ4n) is 1.85. The van der Waals surface area contributed by atoms with Gasteiger partial charge in [-0.1, -0.05) is 32.6 Å². The standard InChI is InChI=1S/C13H25NO2/c1-3-4-5-6-7-12(13(15)16-2)14-10-11-8-9-11/h11-12,14H,3-10H2,1-2H3. The van der Waals surface area contributed by atoms with Gasteiger partial charge in [-0.05, 0) is 31.7 Å². The normalized spacial score (nSPS) is 17.1. The molecule has 1 unspecified atom stereocenters. The van der Waals surface area contributed by atoms with E-state index in [9.17, 15) is 4.79 Å². The topological polar surface area (TPSA) is 38.3 Å². The van der Waals surface area contributed by atoms with Crippen LogP contribution >= 0.6 is 0 Å². The van der Waals surface area contributed by atoms with E-state index in [1.807, 2.05) is 0 Å². The Bertz CT molecular complexity index is 202. The van der Waals surface area contributed by atoms with Crippen molar-refractivity contribution in [3.05, 3.63) is 0 Å². The number of hydrogen-bond donors (Lipinski definition) is 1. The third-order valence-electron chi connectivity index (χ3n) is 3.18. The van der Waals surface area contributed by atoms with Crippen molar-refractivity contribution in [3.8, 4) is 0 Å². The Morgan fingerprint density at radius 1 is 1.38 bits per heavy atom. The van der Waals surface area contributed by atoms with E-state index in [0.717, 1.165) is 25.3 Å². The molecule has 1 aliphatic carbocycles. The van der Waals surface area contributed by atoms with Crippen molar-refractivity contribution in [1.29, 1.82) is 0 Å². The minimum Gasteiger partial charge on any atom is -0.468 e. The van der Waals surface area contributed by atoms with Crippen LogP contribution < -0.4 is 5.32 Å². The molecule has 3 nitrogen and oxygen atoms in total. The smallest absolute Gasteiger partial charge is 0.322 e. The van der Waals surface area contributed by atoms with Gasteiger partial charge in [0.25, 0.3) is 0 Å². The minimum atomic E-state index is -0.0999. The van der Waals surface area contributed by atoms with Gasteiger partial charge in [-0.2, -0.15) is 0 Å². The molecular formula is C13H25NO2. The zero-order valence-electron chi connectivity index (χ0n) is 10.6. The first-order chi connectivity index (χ1) is 7.77. The Kier molecular flexibility index (Phi) is 6.46. The molecule has 16 heavy (non-hydrogen) atoms. The number of esters is 1. The highest BCUT2D eigenvalue weighted by atomic mass is 16.5. The molecule has 1 atom stereocenters. The van der Waals surface area contributed by atoms with E-state index >= 15 is 0 Å². The Balaban J connectivity index is 2.16. The molecule has 0 aliphatic heterocycles. The summed E-state index contributed by atoms with van der Waals surface area (Å²) in [6.07, 6.45) is 8.38. The first-order valence-electron chi connectivity index (χ1n) is 6.59. The third kappa shape index (κ3) is 5.50. The summed E-state index contributed by atoms with van der Waals surface area (Å²) in [5, 5.41) is 3.33. The minimum absolute atomic E-state index is 0.0811. The fourth-order valence-corrected chi connectivity index (χ4v) is 1.85. The highest BCUT2D eigenvalue weighted by Gasteiger charge is 2.24. The number of carbonyl (C=O) groups is 1. The molecule has 0 aromatic heterocycles. The summed E-state index contributed by atoms with van der Waals surface area (Å²) in [6, 6.07) is -0.0811. The van der Waals surface area contributed by atoms with E-state index in [0.29, 0.717) is 0 Å². The monoisotopic (exact) mass is 227 g/mol. The van der Waals surface area contributed by atoms with Gasteiger partial charge in [0.1, 0.15) is 6.04 Å². The van der Waals surface area contributed by atoms with Gasteiger partial charge in [0, 0.05) is 0 Å². The number of hydrogen-bond acceptors (Lipinski definition) is 3. The fraction of sp³-hybridized carbons (Fsp3) is 0.923. The second-order valence-corrected chi connectivity index (χ2v) is 4.78. The molecule has 0 saturated heterocycles. The van der Waals surface area contributed by atoms with Gasteiger partial charge in [-0.25, -0.2) is 0 Å². The molecule has 1 aliphatic rings. The van der Waals surface area contributed by atoms with E-state index < -0.39 is 0 Å². The number of carbonyl (C=O) groups excluding carboxylic acids is 1. The lowest BCUT2D eigenvalue weighted by Crippen LogP contribution is -2.38. The lowest BCUT2D eigenvalue weighted by Gasteiger charge is -2.16. The molecule has 0 heterocycles. The van der Waals surface area contributed by atoms with Crippen LogP contribution in [0, 0.1) is 5.92 Å². The maximum Gasteiger partial charge on any atom is 0.322 e. The van der Waals surface area contributed by atoms with Crippen LogP contribution in [-0.2, 0) is 9.53 Å². The lowest BCUT2D eigenvalue weighted by molar-refractivity contribution is -0.143. The third-order valence-corrected chi connectivity index (χ3v) is 3.18. The molecule has 1 saturated carbocycles. The maximum atomic E-state index is 11.5. The van der Waals surface area contributed by atoms with Crippen LogP contribution in [0.4, 0.5) is 0 Å². The van der Waals surface area contributed by atoms with Gasteiger partial charge in [0.2, 0.25) is 0 Å². The van der Waals surface area contributed by atoms with Crippen LogP contribution in [0.3, 0.4) is 0 Å². The quantitative estimate of drug-likeness (QED) is 0.486. The van der Waals surface area contributed by atoms with Crippen LogP contribution in [0.5, 0.6) is 0 Å². The predicted molar refractivity (Wildman–Crippen MR) is 65.3 cm³/mol. The summed E-state index contributed by atoms with van der Waals surface area (Å²) in [6.45, 7) is 3.18. The number of unbranched alkanes of at least 4 members (excludes halogenated alkanes) is 3. The van der Waals surface area contributed by atoms with Crippen molar-refractivity contribution >= 4 is 5.97 Å². The summed E-state index contributed by atoms with van der Waals surface area (Å²) >= 11 is 0. The highest BCUT2D eigenvalue weighted by Crippen LogP contribution is 2.27. The molecule has 1 rings (SSSR count). The molecule has 1 N–H and O–H groups in total. The van der Waals surface area contributed by atoms with E-state index in [1.165, 1.54) is 39.2 Å². The van der Waals surface area contributed by atoms with Crippen molar-refractivity contribution in [1.82, 2.24) is 5.32 Å². The molecule has 0 bridgehead atoms. The molecule has 0 amide bonds. The van der Waals surface area contributed by atoms with Crippen LogP contribution in [-0.4, -0.2) is 25.7 Å². The first-order valence-corrected chi connectivity index (χ1v) is 6.59. The molecule has 0 aromatic carbocycles. The first kappa shape index (κ1) is 13.5. The molecular weight excluding hydrogens is 202 g/mol. The molecule has 0 spiro atoms. The average Bonchev–Trinajstić information content (AvgIpc) is 3.11. The van der Waals surface area contributed by atoms with Gasteiger partial charge in [0.15, 0.2) is 0 Å².